The van der Waals surface area contributed by atoms with Crippen molar-refractivity contribution in [1.82, 2.24) is 9.88 Å². The van der Waals surface area contributed by atoms with Crippen molar-refractivity contribution < 1.29 is 77.3 Å². The third kappa shape index (κ3) is 17.3. The average Bonchev–Trinajstić information content (AvgIpc) is 0.901. The van der Waals surface area contributed by atoms with Gasteiger partial charge in [-0.2, -0.15) is 4.98 Å². The zero-order valence-corrected chi connectivity index (χ0v) is 52.7. The summed E-state index contributed by atoms with van der Waals surface area (Å²) in [5.74, 6) is -9.11. The third-order valence-electron chi connectivity index (χ3n) is 18.1. The van der Waals surface area contributed by atoms with Gasteiger partial charge in [-0.25, -0.2) is 9.59 Å². The van der Waals surface area contributed by atoms with Crippen LogP contribution >= 0.6 is 0 Å². The molecule has 4 aliphatic rings. The number of aliphatic hydroxyl groups is 3. The number of hydrogen-bond acceptors (Lipinski definition) is 18. The van der Waals surface area contributed by atoms with Crippen molar-refractivity contribution in [2.75, 3.05) is 33.6 Å². The van der Waals surface area contributed by atoms with E-state index in [2.05, 4.69) is 4.98 Å². The molecule has 3 aliphatic heterocycles. The van der Waals surface area contributed by atoms with Crippen LogP contribution in [-0.4, -0.2) is 148 Å². The number of nitrogen functional groups attached to an aromatic ring is 1. The summed E-state index contributed by atoms with van der Waals surface area (Å²) in [6, 6.07) is 5.44. The van der Waals surface area contributed by atoms with Crippen molar-refractivity contribution in [3.8, 4) is 0 Å². The molecule has 1 amide bonds. The number of carbonyl (C=O) groups excluding carboxylic acids is 5. The molecular weight excluding hydrogens is 1120 g/mol. The second-order valence-corrected chi connectivity index (χ2v) is 25.0. The van der Waals surface area contributed by atoms with Crippen LogP contribution < -0.4 is 11.2 Å². The highest BCUT2D eigenvalue weighted by Crippen LogP contribution is 2.38. The Labute approximate surface area is 510 Å². The number of cyclic esters (lactones) is 1. The maximum absolute atomic E-state index is 14.4. The summed E-state index contributed by atoms with van der Waals surface area (Å²) < 4.78 is 35.0. The molecule has 0 radical (unpaired) electrons. The number of anilines is 1. The molecule has 6 N–H and O–H groups in total. The molecular formula is C67H93N3O17. The first kappa shape index (κ1) is 69.8. The summed E-state index contributed by atoms with van der Waals surface area (Å²) in [5, 5.41) is 43.4. The molecule has 20 nitrogen and oxygen atoms in total. The number of aliphatic hydroxyl groups excluding tert-OH is 2. The Morgan fingerprint density at radius 1 is 0.851 bits per heavy atom. The third-order valence-corrected chi connectivity index (χ3v) is 18.1. The summed E-state index contributed by atoms with van der Waals surface area (Å²) in [7, 11) is 4.52. The van der Waals surface area contributed by atoms with Crippen LogP contribution in [0.3, 0.4) is 0 Å². The van der Waals surface area contributed by atoms with Gasteiger partial charge in [0.2, 0.25) is 16.9 Å². The lowest BCUT2D eigenvalue weighted by atomic mass is 9.78. The van der Waals surface area contributed by atoms with E-state index in [1.165, 1.54) is 18.1 Å². The summed E-state index contributed by atoms with van der Waals surface area (Å²) >= 11 is 0. The number of pyridine rings is 1. The quantitative estimate of drug-likeness (QED) is 0.0608. The van der Waals surface area contributed by atoms with E-state index in [-0.39, 0.29) is 88.6 Å². The number of Topliss-reactive ketones (excluding diaryl/α,β-unsaturated/α-hetero) is 3. The minimum Gasteiger partial charge on any atom is -0.478 e. The number of aromatic nitrogens is 1. The number of amides is 1. The number of allylic oxidation sites excluding steroid dienone is 6. The standard InChI is InChI=1S/C51H79NO13.C16H14N2O4/c1-30-16-12-11-13-17-31(2)42(61-8)28-38-21-19-36(7)51(60,65-38)48(57)49(58)52-23-15-14-18-39(52)50(59)64-43(33(4)26-37-20-22-40(53)44(27-37)62-9)29-41(54)32(3)25-35(6)46(56)47(63-10)45(55)34(5)24-30;1-7(2)8-3-4-12-9(5-8)13(19)10-6-11(16(20)21)14(17)18-15(10)22-12/h11-13,16-17,25,30,32-34,36-40,42-44,46-47,53,56,60H,14-15,18-24,26-29H2,1-10H3;3-7H,1-2H3,(H2,17,18)(H,20,21)/b13-11+,16-12+,31-17+,35-25+;/t30-,32-,33-,34-,36-,37+,38+,39+,40-,42+,43+,44-,46-,47+,51-;/m1./s1. The fourth-order valence-electron chi connectivity index (χ4n) is 12.5. The fraction of sp³-hybridized carbons (Fsp3) is 0.612. The zero-order valence-electron chi connectivity index (χ0n) is 52.7. The molecule has 2 aromatic heterocycles. The number of rotatable bonds is 8. The van der Waals surface area contributed by atoms with Gasteiger partial charge in [0.25, 0.3) is 11.7 Å². The molecule has 15 atom stereocenters. The molecule has 7 rings (SSSR count). The van der Waals surface area contributed by atoms with Gasteiger partial charge in [0, 0.05) is 58.5 Å². The SMILES string of the molecule is CC(C)c1ccc2oc3nc(N)c(C(=O)O)cc3c(=O)c2c1.CO[C@H]1C[C@@H]2CC[C@@H](C)[C@@](O)(O2)C(=O)C(=O)N2CCCC[C@H]2C(=O)O[C@H]([C@H](C)C[C@@H]2CC[C@@H](O)[C@H](OC)C2)CC(=O)[C@H](C)/C=C(\C)[C@@H](O)[C@@H](OC)C(=O)[C@H](C)C[C@H](C)/C=C/C=C/C=C/1C. The van der Waals surface area contributed by atoms with Gasteiger partial charge >= 0.3 is 11.9 Å². The Bertz CT molecular complexity index is 3130. The number of ketones is 3. The number of esters is 1. The minimum absolute atomic E-state index is 0.0193. The number of nitrogens with zero attached hydrogens (tertiary/aromatic N) is 2. The van der Waals surface area contributed by atoms with E-state index < -0.39 is 89.8 Å². The predicted molar refractivity (Wildman–Crippen MR) is 328 cm³/mol. The number of benzene rings is 1. The van der Waals surface area contributed by atoms with E-state index in [1.54, 1.807) is 53.2 Å². The number of fused-ring (bicyclic) bond motifs is 5. The van der Waals surface area contributed by atoms with Gasteiger partial charge in [-0.3, -0.25) is 24.0 Å². The molecule has 20 heteroatoms. The minimum atomic E-state index is -2.43. The first-order valence-electron chi connectivity index (χ1n) is 30.7. The number of ether oxygens (including phenoxy) is 5. The molecule has 3 fully saturated rings. The number of methoxy groups -OCH3 is 3. The molecule has 0 spiro atoms. The highest BCUT2D eigenvalue weighted by molar-refractivity contribution is 6.39. The van der Waals surface area contributed by atoms with Crippen LogP contribution in [-0.2, 0) is 47.7 Å². The van der Waals surface area contributed by atoms with Crippen LogP contribution in [0, 0.1) is 35.5 Å². The van der Waals surface area contributed by atoms with Gasteiger partial charge in [-0.15, -0.1) is 0 Å². The highest BCUT2D eigenvalue weighted by Gasteiger charge is 2.53. The van der Waals surface area contributed by atoms with Gasteiger partial charge in [-0.1, -0.05) is 91.0 Å². The van der Waals surface area contributed by atoms with E-state index in [9.17, 15) is 48.9 Å². The number of carbonyl (C=O) groups is 6. The smallest absolute Gasteiger partial charge is 0.339 e. The molecule has 1 saturated carbocycles. The van der Waals surface area contributed by atoms with Crippen molar-refractivity contribution >= 4 is 63.1 Å². The van der Waals surface area contributed by atoms with E-state index in [0.29, 0.717) is 74.3 Å². The van der Waals surface area contributed by atoms with Crippen molar-refractivity contribution in [2.24, 2.45) is 35.5 Å². The maximum Gasteiger partial charge on any atom is 0.339 e. The Morgan fingerprint density at radius 2 is 1.57 bits per heavy atom. The van der Waals surface area contributed by atoms with Crippen LogP contribution in [0.5, 0.6) is 0 Å². The normalized spacial score (nSPS) is 33.1. The Balaban J connectivity index is 0.000000455. The number of hydrogen-bond donors (Lipinski definition) is 5. The first-order valence-corrected chi connectivity index (χ1v) is 30.7. The van der Waals surface area contributed by atoms with E-state index in [1.807, 2.05) is 78.0 Å². The molecule has 3 aromatic rings. The molecule has 1 aromatic carbocycles. The van der Waals surface area contributed by atoms with Crippen LogP contribution in [0.2, 0.25) is 0 Å². The second kappa shape index (κ2) is 31.3. The van der Waals surface area contributed by atoms with Gasteiger partial charge < -0.3 is 59.2 Å². The van der Waals surface area contributed by atoms with Crippen molar-refractivity contribution in [3.05, 3.63) is 93.2 Å². The van der Waals surface area contributed by atoms with Crippen LogP contribution in [0.1, 0.15) is 161 Å². The molecule has 1 aliphatic carbocycles. The largest absolute Gasteiger partial charge is 0.478 e. The van der Waals surface area contributed by atoms with Crippen LogP contribution in [0.15, 0.2) is 81.1 Å². The number of piperidine rings is 1. The van der Waals surface area contributed by atoms with E-state index in [0.717, 1.165) is 17.6 Å². The topological polar surface area (TPSA) is 302 Å². The average molecular weight is 1210 g/mol. The number of aromatic carboxylic acids is 1. The number of carboxylic acid groups (broad SMARTS) is 1. The van der Waals surface area contributed by atoms with Gasteiger partial charge in [0.15, 0.2) is 5.78 Å². The maximum atomic E-state index is 14.4. The van der Waals surface area contributed by atoms with E-state index >= 15 is 0 Å². The van der Waals surface area contributed by atoms with E-state index in [4.69, 9.17) is 38.9 Å². The summed E-state index contributed by atoms with van der Waals surface area (Å²) in [4.78, 5) is 99.4. The van der Waals surface area contributed by atoms with Crippen molar-refractivity contribution in [1.29, 1.82) is 0 Å². The number of carboxylic acids is 1. The Kier molecular flexibility index (Phi) is 25.1. The second-order valence-electron chi connectivity index (χ2n) is 25.0. The lowest BCUT2D eigenvalue weighted by Crippen LogP contribution is -2.61. The highest BCUT2D eigenvalue weighted by atomic mass is 16.6. The van der Waals surface area contributed by atoms with Gasteiger partial charge in [0.1, 0.15) is 47.1 Å². The zero-order chi connectivity index (χ0) is 64.2. The van der Waals surface area contributed by atoms with Crippen LogP contribution in [0.4, 0.5) is 5.82 Å². The predicted octanol–water partition coefficient (Wildman–Crippen LogP) is 8.93. The molecule has 87 heavy (non-hydrogen) atoms. The Hall–Kier alpha value is -6.26. The lowest BCUT2D eigenvalue weighted by molar-refractivity contribution is -0.265. The summed E-state index contributed by atoms with van der Waals surface area (Å²) in [5.41, 5.74) is 7.78. The Morgan fingerprint density at radius 3 is 2.24 bits per heavy atom. The molecule has 478 valence electrons. The monoisotopic (exact) mass is 1210 g/mol. The van der Waals surface area contributed by atoms with Crippen molar-refractivity contribution in [3.63, 3.8) is 0 Å². The fourth-order valence-corrected chi connectivity index (χ4v) is 12.5. The lowest BCUT2D eigenvalue weighted by Gasteiger charge is -2.42. The number of nitrogens with two attached hydrogens (primary N) is 1. The van der Waals surface area contributed by atoms with Gasteiger partial charge in [-0.05, 0) is 137 Å². The van der Waals surface area contributed by atoms with Crippen LogP contribution in [0.25, 0.3) is 22.1 Å². The molecule has 2 bridgehead atoms. The molecule has 0 unspecified atom stereocenters. The summed E-state index contributed by atoms with van der Waals surface area (Å²) in [6.07, 6.45) is 11.2. The summed E-state index contributed by atoms with van der Waals surface area (Å²) in [6.45, 7) is 16.8. The first-order chi connectivity index (χ1) is 41.1. The van der Waals surface area contributed by atoms with Crippen molar-refractivity contribution in [2.45, 2.75) is 200 Å². The molecule has 2 saturated heterocycles. The molecule has 5 heterocycles. The van der Waals surface area contributed by atoms with Gasteiger partial charge in [0.05, 0.1) is 35.2 Å².